The smallest absolute Gasteiger partial charge is 0.316 e. The van der Waals surface area contributed by atoms with Crippen LogP contribution in [0.3, 0.4) is 0 Å². The molecule has 1 unspecified atom stereocenters. The van der Waals surface area contributed by atoms with Crippen molar-refractivity contribution in [1.29, 1.82) is 0 Å². The van der Waals surface area contributed by atoms with Crippen molar-refractivity contribution in [2.45, 2.75) is 0 Å². The summed E-state index contributed by atoms with van der Waals surface area (Å²) in [5, 5.41) is 0. The lowest BCUT2D eigenvalue weighted by atomic mass is 10.8. The van der Waals surface area contributed by atoms with Gasteiger partial charge in [-0.3, -0.25) is 9.36 Å². The molecule has 0 bridgehead atoms. The van der Waals surface area contributed by atoms with Crippen LogP contribution in [0.2, 0.25) is 0 Å². The summed E-state index contributed by atoms with van der Waals surface area (Å²) in [5.74, 6) is -0.639. The minimum Gasteiger partial charge on any atom is -0.469 e. The van der Waals surface area contributed by atoms with Crippen LogP contribution in [-0.2, 0) is 18.6 Å². The van der Waals surface area contributed by atoms with Gasteiger partial charge in [0.15, 0.2) is 0 Å². The fraction of sp³-hybridized carbons (Fsp3) is 0.750. The first-order valence-electron chi connectivity index (χ1n) is 2.43. The molecule has 0 heterocycles. The van der Waals surface area contributed by atoms with Gasteiger partial charge >= 0.3 is 12.7 Å². The Labute approximate surface area is 63.7 Å². The van der Waals surface area contributed by atoms with Gasteiger partial charge in [0.25, 0.3) is 0 Å². The van der Waals surface area contributed by atoms with Crippen LogP contribution in [0.25, 0.3) is 0 Å². The summed E-state index contributed by atoms with van der Waals surface area (Å²) in [6.07, 6.45) is -0.387. The van der Waals surface area contributed by atoms with Gasteiger partial charge in [-0.25, -0.2) is 0 Å². The normalized spacial score (nSPS) is 15.9. The van der Waals surface area contributed by atoms with Crippen LogP contribution in [0.4, 0.5) is 0 Å². The van der Waals surface area contributed by atoms with E-state index in [1.165, 1.54) is 14.2 Å². The minimum atomic E-state index is -3.25. The first kappa shape index (κ1) is 9.95. The van der Waals surface area contributed by atoms with Crippen molar-refractivity contribution in [2.75, 3.05) is 20.4 Å². The van der Waals surface area contributed by atoms with Gasteiger partial charge in [0.05, 0.1) is 7.11 Å². The molecule has 0 amide bonds. The number of esters is 1. The molecule has 0 aliphatic rings. The molecule has 0 aromatic carbocycles. The zero-order valence-electron chi connectivity index (χ0n) is 5.67. The number of carbonyl (C=O) groups excluding carboxylic acids is 1. The van der Waals surface area contributed by atoms with Gasteiger partial charge in [0.1, 0.15) is 6.16 Å². The molecule has 0 fully saturated rings. The molecule has 10 heavy (non-hydrogen) atoms. The summed E-state index contributed by atoms with van der Waals surface area (Å²) in [7, 11) is 2.37. The van der Waals surface area contributed by atoms with E-state index in [1.54, 1.807) is 0 Å². The topological polar surface area (TPSA) is 52.6 Å². The van der Waals surface area contributed by atoms with E-state index in [1.807, 2.05) is 0 Å². The minimum absolute atomic E-state index is 0.387. The molecule has 1 atom stereocenters. The number of carbonyl (C=O) groups is 1. The Hall–Kier alpha value is -0.0500. The van der Waals surface area contributed by atoms with Gasteiger partial charge < -0.3 is 9.26 Å². The zero-order valence-corrected chi connectivity index (χ0v) is 7.32. The van der Waals surface area contributed by atoms with Crippen molar-refractivity contribution in [2.24, 2.45) is 0 Å². The first-order valence-corrected chi connectivity index (χ1v) is 5.14. The summed E-state index contributed by atoms with van der Waals surface area (Å²) in [4.78, 5) is 10.4. The molecule has 0 spiro atoms. The molecular formula is C4H8ClO4P. The van der Waals surface area contributed by atoms with E-state index in [-0.39, 0.29) is 6.16 Å². The molecule has 0 aromatic heterocycles. The van der Waals surface area contributed by atoms with Gasteiger partial charge in [-0.15, -0.1) is 0 Å². The Morgan fingerprint density at radius 1 is 1.60 bits per heavy atom. The Bertz CT molecular complexity index is 169. The van der Waals surface area contributed by atoms with Crippen LogP contribution < -0.4 is 0 Å². The molecule has 6 heteroatoms. The number of hydrogen-bond donors (Lipinski definition) is 0. The highest BCUT2D eigenvalue weighted by atomic mass is 35.7. The van der Waals surface area contributed by atoms with Crippen LogP contribution in [0.5, 0.6) is 0 Å². The molecule has 0 rings (SSSR count). The highest BCUT2D eigenvalue weighted by Gasteiger charge is 2.22. The Kier molecular flexibility index (Phi) is 3.94. The van der Waals surface area contributed by atoms with E-state index in [9.17, 15) is 9.36 Å². The van der Waals surface area contributed by atoms with E-state index in [4.69, 9.17) is 11.2 Å². The van der Waals surface area contributed by atoms with Gasteiger partial charge in [-0.05, 0) is 11.2 Å². The largest absolute Gasteiger partial charge is 0.469 e. The highest BCUT2D eigenvalue weighted by Crippen LogP contribution is 2.51. The number of halogens is 1. The molecule has 0 saturated carbocycles. The zero-order chi connectivity index (χ0) is 8.20. The maximum atomic E-state index is 10.8. The Balaban J connectivity index is 3.89. The predicted molar refractivity (Wildman–Crippen MR) is 37.4 cm³/mol. The van der Waals surface area contributed by atoms with Crippen molar-refractivity contribution in [3.05, 3.63) is 0 Å². The summed E-state index contributed by atoms with van der Waals surface area (Å²) in [6, 6.07) is 0. The van der Waals surface area contributed by atoms with Gasteiger partial charge in [-0.2, -0.15) is 0 Å². The third kappa shape index (κ3) is 3.88. The molecule has 0 N–H and O–H groups in total. The van der Waals surface area contributed by atoms with Crippen LogP contribution in [0, 0.1) is 0 Å². The number of ether oxygens (including phenoxy) is 1. The Morgan fingerprint density at radius 3 is 2.40 bits per heavy atom. The van der Waals surface area contributed by atoms with E-state index < -0.39 is 12.7 Å². The number of methoxy groups -OCH3 is 1. The fourth-order valence-electron chi connectivity index (χ4n) is 0.283. The van der Waals surface area contributed by atoms with Gasteiger partial charge in [0, 0.05) is 7.11 Å². The average Bonchev–Trinajstić information content (AvgIpc) is 1.87. The first-order chi connectivity index (χ1) is 4.52. The fourth-order valence-corrected chi connectivity index (χ4v) is 1.14. The van der Waals surface area contributed by atoms with Crippen molar-refractivity contribution in [3.63, 3.8) is 0 Å². The Morgan fingerprint density at radius 2 is 2.10 bits per heavy atom. The third-order valence-electron chi connectivity index (χ3n) is 0.818. The highest BCUT2D eigenvalue weighted by molar-refractivity contribution is 7.85. The van der Waals surface area contributed by atoms with Crippen LogP contribution >= 0.6 is 18.0 Å². The summed E-state index contributed by atoms with van der Waals surface area (Å²) < 4.78 is 19.3. The monoisotopic (exact) mass is 186 g/mol. The lowest BCUT2D eigenvalue weighted by Crippen LogP contribution is -2.05. The number of hydrogen-bond acceptors (Lipinski definition) is 4. The van der Waals surface area contributed by atoms with Crippen molar-refractivity contribution in [3.8, 4) is 0 Å². The molecule has 0 aliphatic heterocycles. The van der Waals surface area contributed by atoms with Crippen LogP contribution in [0.15, 0.2) is 0 Å². The van der Waals surface area contributed by atoms with Gasteiger partial charge in [0.2, 0.25) is 0 Å². The SMILES string of the molecule is COC(=O)CP(=O)(Cl)OC. The molecular weight excluding hydrogens is 178 g/mol. The van der Waals surface area contributed by atoms with Crippen molar-refractivity contribution >= 4 is 23.9 Å². The standard InChI is InChI=1S/C4H8ClO4P/c1-8-4(6)3-10(5,7)9-2/h3H2,1-2H3. The van der Waals surface area contributed by atoms with Gasteiger partial charge in [-0.1, -0.05) is 0 Å². The second-order valence-corrected chi connectivity index (χ2v) is 4.91. The lowest BCUT2D eigenvalue weighted by Gasteiger charge is -2.04. The maximum Gasteiger partial charge on any atom is 0.316 e. The maximum absolute atomic E-state index is 10.8. The second kappa shape index (κ2) is 3.96. The molecule has 60 valence electrons. The number of rotatable bonds is 3. The quantitative estimate of drug-likeness (QED) is 0.492. The molecule has 0 aromatic rings. The third-order valence-corrected chi connectivity index (χ3v) is 2.77. The van der Waals surface area contributed by atoms with Crippen molar-refractivity contribution in [1.82, 2.24) is 0 Å². The van der Waals surface area contributed by atoms with Crippen LogP contribution in [-0.4, -0.2) is 26.4 Å². The average molecular weight is 187 g/mol. The summed E-state index contributed by atoms with van der Waals surface area (Å²) in [5.41, 5.74) is 0. The van der Waals surface area contributed by atoms with E-state index in [0.29, 0.717) is 0 Å². The summed E-state index contributed by atoms with van der Waals surface area (Å²) in [6.45, 7) is -3.25. The van der Waals surface area contributed by atoms with Crippen molar-refractivity contribution < 1.29 is 18.6 Å². The molecule has 0 saturated heterocycles. The van der Waals surface area contributed by atoms with Crippen LogP contribution in [0.1, 0.15) is 0 Å². The molecule has 0 aliphatic carbocycles. The molecule has 0 radical (unpaired) electrons. The van der Waals surface area contributed by atoms with E-state index in [0.717, 1.165) is 0 Å². The second-order valence-electron chi connectivity index (χ2n) is 1.51. The predicted octanol–water partition coefficient (Wildman–Crippen LogP) is 1.24. The molecule has 4 nitrogen and oxygen atoms in total. The lowest BCUT2D eigenvalue weighted by molar-refractivity contribution is -0.137. The van der Waals surface area contributed by atoms with E-state index in [2.05, 4.69) is 9.26 Å². The summed E-state index contributed by atoms with van der Waals surface area (Å²) >= 11 is 5.23. The van der Waals surface area contributed by atoms with E-state index >= 15 is 0 Å².